The monoisotopic (exact) mass is 329 g/mol. The average Bonchev–Trinajstić information content (AvgIpc) is 2.60. The SMILES string of the molecule is CCCCc1ccc(NC(=O)[C@H](CC)Oc2ccc(F)cc2)cc1. The van der Waals surface area contributed by atoms with E-state index in [4.69, 9.17) is 4.74 Å². The van der Waals surface area contributed by atoms with Crippen molar-refractivity contribution in [2.24, 2.45) is 0 Å². The fraction of sp³-hybridized carbons (Fsp3) is 0.350. The number of nitrogens with one attached hydrogen (secondary N) is 1. The van der Waals surface area contributed by atoms with Gasteiger partial charge in [-0.15, -0.1) is 0 Å². The third-order valence-electron chi connectivity index (χ3n) is 3.80. The molecule has 3 nitrogen and oxygen atoms in total. The minimum atomic E-state index is -0.616. The minimum absolute atomic E-state index is 0.205. The lowest BCUT2D eigenvalue weighted by atomic mass is 10.1. The molecule has 0 unspecified atom stereocenters. The Morgan fingerprint density at radius 3 is 2.33 bits per heavy atom. The van der Waals surface area contributed by atoms with E-state index in [2.05, 4.69) is 12.2 Å². The summed E-state index contributed by atoms with van der Waals surface area (Å²) in [5, 5.41) is 2.87. The molecular formula is C20H24FNO2. The molecular weight excluding hydrogens is 305 g/mol. The summed E-state index contributed by atoms with van der Waals surface area (Å²) < 4.78 is 18.6. The predicted octanol–water partition coefficient (Wildman–Crippen LogP) is 4.96. The van der Waals surface area contributed by atoms with E-state index >= 15 is 0 Å². The van der Waals surface area contributed by atoms with E-state index in [0.29, 0.717) is 12.2 Å². The standard InChI is InChI=1S/C20H24FNO2/c1-3-5-6-15-7-11-17(12-8-15)22-20(23)19(4-2)24-18-13-9-16(21)10-14-18/h7-14,19H,3-6H2,1-2H3,(H,22,23)/t19-/m0/s1. The molecule has 0 saturated heterocycles. The number of hydrogen-bond acceptors (Lipinski definition) is 2. The van der Waals surface area contributed by atoms with Crippen LogP contribution in [0, 0.1) is 5.82 Å². The Morgan fingerprint density at radius 2 is 1.75 bits per heavy atom. The highest BCUT2D eigenvalue weighted by Crippen LogP contribution is 2.17. The molecule has 0 aliphatic heterocycles. The first-order valence-corrected chi connectivity index (χ1v) is 8.44. The zero-order valence-corrected chi connectivity index (χ0v) is 14.2. The molecule has 24 heavy (non-hydrogen) atoms. The van der Waals surface area contributed by atoms with Crippen molar-refractivity contribution >= 4 is 11.6 Å². The smallest absolute Gasteiger partial charge is 0.265 e. The van der Waals surface area contributed by atoms with Crippen LogP contribution in [-0.4, -0.2) is 12.0 Å². The van der Waals surface area contributed by atoms with Gasteiger partial charge in [0.05, 0.1) is 0 Å². The summed E-state index contributed by atoms with van der Waals surface area (Å²) in [5.74, 6) is -0.0561. The second-order valence-corrected chi connectivity index (χ2v) is 5.76. The summed E-state index contributed by atoms with van der Waals surface area (Å²) in [6.07, 6.45) is 3.29. The van der Waals surface area contributed by atoms with Crippen LogP contribution in [0.15, 0.2) is 48.5 Å². The molecule has 128 valence electrons. The molecule has 2 rings (SSSR count). The zero-order chi connectivity index (χ0) is 17.4. The molecule has 2 aromatic carbocycles. The quantitative estimate of drug-likeness (QED) is 0.743. The molecule has 0 spiro atoms. The Bertz CT molecular complexity index is 638. The van der Waals surface area contributed by atoms with Gasteiger partial charge in [0.2, 0.25) is 0 Å². The number of halogens is 1. The zero-order valence-electron chi connectivity index (χ0n) is 14.2. The van der Waals surface area contributed by atoms with Crippen LogP contribution in [0.1, 0.15) is 38.7 Å². The Hall–Kier alpha value is -2.36. The number of aryl methyl sites for hydroxylation is 1. The van der Waals surface area contributed by atoms with Gasteiger partial charge in [0.15, 0.2) is 6.10 Å². The van der Waals surface area contributed by atoms with Crippen LogP contribution in [0.2, 0.25) is 0 Å². The average molecular weight is 329 g/mol. The van der Waals surface area contributed by atoms with Crippen molar-refractivity contribution in [1.82, 2.24) is 0 Å². The van der Waals surface area contributed by atoms with Gasteiger partial charge in [-0.05, 0) is 61.2 Å². The van der Waals surface area contributed by atoms with Gasteiger partial charge in [-0.1, -0.05) is 32.4 Å². The van der Waals surface area contributed by atoms with E-state index < -0.39 is 6.10 Å². The third kappa shape index (κ3) is 5.37. The maximum absolute atomic E-state index is 12.9. The first-order chi connectivity index (χ1) is 11.6. The van der Waals surface area contributed by atoms with Crippen LogP contribution in [0.3, 0.4) is 0 Å². The number of unbranched alkanes of at least 4 members (excludes halogenated alkanes) is 1. The van der Waals surface area contributed by atoms with Gasteiger partial charge in [0.1, 0.15) is 11.6 Å². The highest BCUT2D eigenvalue weighted by molar-refractivity contribution is 5.94. The molecule has 1 atom stereocenters. The summed E-state index contributed by atoms with van der Waals surface area (Å²) >= 11 is 0. The molecule has 1 amide bonds. The number of carbonyl (C=O) groups excluding carboxylic acids is 1. The van der Waals surface area contributed by atoms with Crippen molar-refractivity contribution in [2.75, 3.05) is 5.32 Å². The summed E-state index contributed by atoms with van der Waals surface area (Å²) in [7, 11) is 0. The summed E-state index contributed by atoms with van der Waals surface area (Å²) in [4.78, 5) is 12.4. The van der Waals surface area contributed by atoms with E-state index in [-0.39, 0.29) is 11.7 Å². The lowest BCUT2D eigenvalue weighted by Crippen LogP contribution is -2.32. The third-order valence-corrected chi connectivity index (χ3v) is 3.80. The van der Waals surface area contributed by atoms with Crippen LogP contribution < -0.4 is 10.1 Å². The van der Waals surface area contributed by atoms with Gasteiger partial charge in [0.25, 0.3) is 5.91 Å². The second-order valence-electron chi connectivity index (χ2n) is 5.76. The molecule has 0 aliphatic carbocycles. The van der Waals surface area contributed by atoms with E-state index in [9.17, 15) is 9.18 Å². The predicted molar refractivity (Wildman–Crippen MR) is 94.8 cm³/mol. The van der Waals surface area contributed by atoms with Gasteiger partial charge in [-0.2, -0.15) is 0 Å². The van der Waals surface area contributed by atoms with Gasteiger partial charge >= 0.3 is 0 Å². The molecule has 2 aromatic rings. The second kappa shape index (κ2) is 9.06. The molecule has 1 N–H and O–H groups in total. The van der Waals surface area contributed by atoms with Crippen molar-refractivity contribution < 1.29 is 13.9 Å². The topological polar surface area (TPSA) is 38.3 Å². The van der Waals surface area contributed by atoms with Crippen molar-refractivity contribution in [1.29, 1.82) is 0 Å². The van der Waals surface area contributed by atoms with E-state index in [1.165, 1.54) is 29.8 Å². The van der Waals surface area contributed by atoms with Crippen molar-refractivity contribution in [3.63, 3.8) is 0 Å². The molecule has 0 aromatic heterocycles. The van der Waals surface area contributed by atoms with Gasteiger partial charge in [0, 0.05) is 5.69 Å². The number of benzene rings is 2. The molecule has 0 fully saturated rings. The van der Waals surface area contributed by atoms with Gasteiger partial charge < -0.3 is 10.1 Å². The van der Waals surface area contributed by atoms with Crippen LogP contribution in [0.25, 0.3) is 0 Å². The first-order valence-electron chi connectivity index (χ1n) is 8.44. The largest absolute Gasteiger partial charge is 0.481 e. The molecule has 4 heteroatoms. The normalized spacial score (nSPS) is 11.8. The van der Waals surface area contributed by atoms with E-state index in [0.717, 1.165) is 24.9 Å². The summed E-state index contributed by atoms with van der Waals surface area (Å²) in [6.45, 7) is 4.04. The number of carbonyl (C=O) groups is 1. The molecule has 0 bridgehead atoms. The Kier molecular flexibility index (Phi) is 6.79. The summed E-state index contributed by atoms with van der Waals surface area (Å²) in [6, 6.07) is 13.6. The number of rotatable bonds is 8. The molecule has 0 saturated carbocycles. The van der Waals surface area contributed by atoms with E-state index in [1.807, 2.05) is 31.2 Å². The van der Waals surface area contributed by atoms with Crippen molar-refractivity contribution in [3.8, 4) is 5.75 Å². The number of anilines is 1. The van der Waals surface area contributed by atoms with Gasteiger partial charge in [-0.25, -0.2) is 4.39 Å². The molecule has 0 aliphatic rings. The fourth-order valence-electron chi connectivity index (χ4n) is 2.36. The first kappa shape index (κ1) is 18.0. The number of ether oxygens (including phenoxy) is 1. The maximum Gasteiger partial charge on any atom is 0.265 e. The van der Waals surface area contributed by atoms with Crippen LogP contribution in [-0.2, 0) is 11.2 Å². The van der Waals surface area contributed by atoms with Crippen LogP contribution >= 0.6 is 0 Å². The minimum Gasteiger partial charge on any atom is -0.481 e. The van der Waals surface area contributed by atoms with Crippen molar-refractivity contribution in [3.05, 3.63) is 59.9 Å². The Morgan fingerprint density at radius 1 is 1.08 bits per heavy atom. The lowest BCUT2D eigenvalue weighted by Gasteiger charge is -2.17. The maximum atomic E-state index is 12.9. The number of hydrogen-bond donors (Lipinski definition) is 1. The van der Waals surface area contributed by atoms with Gasteiger partial charge in [-0.3, -0.25) is 4.79 Å². The summed E-state index contributed by atoms with van der Waals surface area (Å²) in [5.41, 5.74) is 2.02. The molecule has 0 radical (unpaired) electrons. The number of amides is 1. The lowest BCUT2D eigenvalue weighted by molar-refractivity contribution is -0.122. The van der Waals surface area contributed by atoms with Crippen molar-refractivity contribution in [2.45, 2.75) is 45.6 Å². The Labute approximate surface area is 142 Å². The highest BCUT2D eigenvalue weighted by atomic mass is 19.1. The molecule has 0 heterocycles. The Balaban J connectivity index is 1.94. The fourth-order valence-corrected chi connectivity index (χ4v) is 2.36. The van der Waals surface area contributed by atoms with Crippen LogP contribution in [0.5, 0.6) is 5.75 Å². The van der Waals surface area contributed by atoms with E-state index in [1.54, 1.807) is 0 Å². The highest BCUT2D eigenvalue weighted by Gasteiger charge is 2.18. The van der Waals surface area contributed by atoms with Crippen LogP contribution in [0.4, 0.5) is 10.1 Å².